The predicted octanol–water partition coefficient (Wildman–Crippen LogP) is 4.47. The van der Waals surface area contributed by atoms with Gasteiger partial charge in [0.1, 0.15) is 24.1 Å². The van der Waals surface area contributed by atoms with E-state index in [1.54, 1.807) is 74.3 Å². The molecular formula is C38H51N7O9. The maximum absolute atomic E-state index is 12.9. The third-order valence-corrected chi connectivity index (χ3v) is 9.19. The van der Waals surface area contributed by atoms with Crippen molar-refractivity contribution in [1.82, 2.24) is 15.5 Å². The van der Waals surface area contributed by atoms with Gasteiger partial charge in [-0.3, -0.25) is 29.3 Å². The van der Waals surface area contributed by atoms with Gasteiger partial charge in [-0.25, -0.2) is 9.59 Å². The van der Waals surface area contributed by atoms with Crippen LogP contribution in [0.1, 0.15) is 77.3 Å². The fourth-order valence-electron chi connectivity index (χ4n) is 5.31. The molecule has 1 heterocycles. The second kappa shape index (κ2) is 20.7. The Balaban J connectivity index is 1.32. The molecule has 292 valence electrons. The van der Waals surface area contributed by atoms with Gasteiger partial charge in [-0.2, -0.15) is 0 Å². The molecule has 7 amide bonds. The number of Topliss-reactive ketones (excluding diaryl/α,β-unsaturated/α-hetero) is 1. The molecule has 0 aliphatic carbocycles. The highest BCUT2D eigenvalue weighted by atomic mass is 16.6. The highest BCUT2D eigenvalue weighted by Crippen LogP contribution is 2.26. The molecule has 0 saturated heterocycles. The molecule has 0 bridgehead atoms. The SMILES string of the molecule is CC(C)[C@H](CC(=O)CCOc1ccc(C2C(=O)N=NC2=O)cc1)C(=O)NC(=O)NCCCC(N)C(=O)Nc1ccc(COC(=O)N(C)[C@H](C)C(C)C)cc1. The molecule has 0 fully saturated rings. The number of amides is 7. The van der Waals surface area contributed by atoms with Crippen LogP contribution in [0, 0.1) is 17.8 Å². The van der Waals surface area contributed by atoms with Gasteiger partial charge in [-0.05, 0) is 67.0 Å². The minimum Gasteiger partial charge on any atom is -0.493 e. The zero-order valence-electron chi connectivity index (χ0n) is 31.6. The summed E-state index contributed by atoms with van der Waals surface area (Å²) in [4.78, 5) is 87.9. The highest BCUT2D eigenvalue weighted by molar-refractivity contribution is 6.10. The van der Waals surface area contributed by atoms with Gasteiger partial charge in [0.25, 0.3) is 11.8 Å². The zero-order chi connectivity index (χ0) is 39.9. The average molecular weight is 750 g/mol. The molecule has 2 aromatic rings. The second-order valence-corrected chi connectivity index (χ2v) is 13.9. The van der Waals surface area contributed by atoms with E-state index < -0.39 is 53.6 Å². The van der Waals surface area contributed by atoms with Crippen LogP contribution in [0.2, 0.25) is 0 Å². The Morgan fingerprint density at radius 3 is 2.09 bits per heavy atom. The van der Waals surface area contributed by atoms with Crippen LogP contribution in [-0.2, 0) is 35.3 Å². The molecule has 0 spiro atoms. The lowest BCUT2D eigenvalue weighted by molar-refractivity contribution is -0.130. The number of nitrogens with one attached hydrogen (secondary N) is 3. The van der Waals surface area contributed by atoms with Crippen LogP contribution >= 0.6 is 0 Å². The summed E-state index contributed by atoms with van der Waals surface area (Å²) in [6.45, 7) is 9.85. The van der Waals surface area contributed by atoms with Gasteiger partial charge in [0.15, 0.2) is 0 Å². The Morgan fingerprint density at radius 1 is 0.870 bits per heavy atom. The summed E-state index contributed by atoms with van der Waals surface area (Å²) < 4.78 is 11.0. The number of azo groups is 1. The van der Waals surface area contributed by atoms with Gasteiger partial charge in [0, 0.05) is 44.1 Å². The van der Waals surface area contributed by atoms with Gasteiger partial charge in [-0.1, -0.05) is 52.0 Å². The minimum absolute atomic E-state index is 0.0220. The average Bonchev–Trinajstić information content (AvgIpc) is 3.47. The van der Waals surface area contributed by atoms with Crippen molar-refractivity contribution in [3.05, 3.63) is 59.7 Å². The Morgan fingerprint density at radius 2 is 1.50 bits per heavy atom. The monoisotopic (exact) mass is 749 g/mol. The largest absolute Gasteiger partial charge is 0.493 e. The fourth-order valence-corrected chi connectivity index (χ4v) is 5.31. The number of nitrogens with zero attached hydrogens (tertiary/aromatic N) is 3. The van der Waals surface area contributed by atoms with E-state index in [0.717, 1.165) is 5.56 Å². The highest BCUT2D eigenvalue weighted by Gasteiger charge is 2.33. The normalized spacial score (nSPS) is 14.4. The fraction of sp³-hybridized carbons (Fsp3) is 0.500. The molecule has 16 heteroatoms. The Labute approximate surface area is 315 Å². The molecule has 0 radical (unpaired) electrons. The number of ketones is 1. The first-order chi connectivity index (χ1) is 25.6. The topological polar surface area (TPSA) is 228 Å². The van der Waals surface area contributed by atoms with E-state index in [9.17, 15) is 33.6 Å². The van der Waals surface area contributed by atoms with E-state index in [4.69, 9.17) is 15.2 Å². The molecule has 54 heavy (non-hydrogen) atoms. The molecule has 0 aromatic heterocycles. The Hall–Kier alpha value is -5.51. The summed E-state index contributed by atoms with van der Waals surface area (Å²) >= 11 is 0. The van der Waals surface area contributed by atoms with Crippen molar-refractivity contribution in [1.29, 1.82) is 0 Å². The second-order valence-electron chi connectivity index (χ2n) is 13.9. The van der Waals surface area contributed by atoms with Crippen molar-refractivity contribution < 1.29 is 43.0 Å². The van der Waals surface area contributed by atoms with Crippen LogP contribution in [0.3, 0.4) is 0 Å². The van der Waals surface area contributed by atoms with E-state index in [0.29, 0.717) is 23.4 Å². The summed E-state index contributed by atoms with van der Waals surface area (Å²) in [6.07, 6.45) is 0.141. The van der Waals surface area contributed by atoms with E-state index in [1.165, 1.54) is 0 Å². The van der Waals surface area contributed by atoms with Crippen LogP contribution in [0.15, 0.2) is 58.8 Å². The summed E-state index contributed by atoms with van der Waals surface area (Å²) in [5.41, 5.74) is 7.77. The van der Waals surface area contributed by atoms with E-state index in [2.05, 4.69) is 26.2 Å². The Kier molecular flexibility index (Phi) is 16.4. The number of carbonyl (C=O) groups is 7. The summed E-state index contributed by atoms with van der Waals surface area (Å²) in [5, 5.41) is 14.2. The number of rotatable bonds is 19. The summed E-state index contributed by atoms with van der Waals surface area (Å²) in [5.74, 6) is -3.78. The zero-order valence-corrected chi connectivity index (χ0v) is 31.6. The lowest BCUT2D eigenvalue weighted by Crippen LogP contribution is -2.44. The number of hydrogen-bond donors (Lipinski definition) is 4. The molecule has 5 N–H and O–H groups in total. The van der Waals surface area contributed by atoms with Crippen LogP contribution in [0.5, 0.6) is 5.75 Å². The lowest BCUT2D eigenvalue weighted by atomic mass is 9.89. The van der Waals surface area contributed by atoms with Gasteiger partial charge >= 0.3 is 12.1 Å². The lowest BCUT2D eigenvalue weighted by Gasteiger charge is -2.27. The molecule has 3 rings (SSSR count). The van der Waals surface area contributed by atoms with Gasteiger partial charge in [-0.15, -0.1) is 10.2 Å². The number of carbonyl (C=O) groups excluding carboxylic acids is 7. The molecule has 1 unspecified atom stereocenters. The van der Waals surface area contributed by atoms with E-state index in [-0.39, 0.29) is 62.7 Å². The predicted molar refractivity (Wildman–Crippen MR) is 198 cm³/mol. The first-order valence-corrected chi connectivity index (χ1v) is 17.9. The molecule has 0 saturated carbocycles. The first kappa shape index (κ1) is 42.9. The number of ether oxygens (including phenoxy) is 2. The number of anilines is 1. The number of benzene rings is 2. The van der Waals surface area contributed by atoms with Crippen molar-refractivity contribution in [2.24, 2.45) is 33.7 Å². The quantitative estimate of drug-likeness (QED) is 0.116. The van der Waals surface area contributed by atoms with Crippen LogP contribution in [0.25, 0.3) is 0 Å². The molecule has 3 atom stereocenters. The van der Waals surface area contributed by atoms with Crippen LogP contribution in [0.4, 0.5) is 15.3 Å². The maximum Gasteiger partial charge on any atom is 0.410 e. The third kappa shape index (κ3) is 13.2. The molecular weight excluding hydrogens is 698 g/mol. The molecule has 2 aromatic carbocycles. The van der Waals surface area contributed by atoms with Crippen LogP contribution in [-0.4, -0.2) is 78.7 Å². The molecule has 16 nitrogen and oxygen atoms in total. The minimum atomic E-state index is -1.05. The molecule has 1 aliphatic heterocycles. The van der Waals surface area contributed by atoms with Crippen LogP contribution < -0.4 is 26.4 Å². The van der Waals surface area contributed by atoms with Gasteiger partial charge < -0.3 is 30.7 Å². The Bertz CT molecular complexity index is 1660. The van der Waals surface area contributed by atoms with Crippen molar-refractivity contribution in [2.45, 2.75) is 84.9 Å². The molecule has 1 aliphatic rings. The van der Waals surface area contributed by atoms with Gasteiger partial charge in [0.2, 0.25) is 11.8 Å². The number of nitrogens with two attached hydrogens (primary N) is 1. The first-order valence-electron chi connectivity index (χ1n) is 17.9. The number of hydrogen-bond acceptors (Lipinski definition) is 10. The standard InChI is InChI=1S/C38H51N7O9/c1-22(2)24(5)45(6)38(52)54-21-25-9-13-27(14-10-25)41-34(48)31(39)8-7-18-40-37(51)42-33(47)30(23(3)4)20-28(46)17-19-53-29-15-11-26(12-16-29)32-35(49)43-44-36(32)50/h9-16,22-24,30-32H,7-8,17-21,39H2,1-6H3,(H,41,48)(H2,40,42,47,51)/t24-,30+,31?/m1/s1. The van der Waals surface area contributed by atoms with Gasteiger partial charge in [0.05, 0.1) is 12.6 Å². The van der Waals surface area contributed by atoms with E-state index >= 15 is 0 Å². The van der Waals surface area contributed by atoms with Crippen molar-refractivity contribution in [2.75, 3.05) is 25.5 Å². The number of urea groups is 1. The summed E-state index contributed by atoms with van der Waals surface area (Å²) in [7, 11) is 1.70. The van der Waals surface area contributed by atoms with Crippen molar-refractivity contribution in [3.63, 3.8) is 0 Å². The number of imide groups is 1. The smallest absolute Gasteiger partial charge is 0.410 e. The summed E-state index contributed by atoms with van der Waals surface area (Å²) in [6, 6.07) is 11.6. The van der Waals surface area contributed by atoms with Crippen molar-refractivity contribution in [3.8, 4) is 5.75 Å². The third-order valence-electron chi connectivity index (χ3n) is 9.19. The van der Waals surface area contributed by atoms with E-state index in [1.807, 2.05) is 20.8 Å². The van der Waals surface area contributed by atoms with Crippen molar-refractivity contribution >= 4 is 47.2 Å². The maximum atomic E-state index is 12.9.